The summed E-state index contributed by atoms with van der Waals surface area (Å²) in [6.45, 7) is 2.49. The number of ether oxygens (including phenoxy) is 1. The van der Waals surface area contributed by atoms with Crippen LogP contribution in [0.2, 0.25) is 0 Å². The van der Waals surface area contributed by atoms with Crippen LogP contribution in [0.3, 0.4) is 0 Å². The molecule has 1 N–H and O–H groups in total. The molecular formula is C15H21NO3. The fourth-order valence-electron chi connectivity index (χ4n) is 1.72. The summed E-state index contributed by atoms with van der Waals surface area (Å²) in [5, 5.41) is 2.72. The Labute approximate surface area is 114 Å². The van der Waals surface area contributed by atoms with Crippen molar-refractivity contribution in [2.45, 2.75) is 32.6 Å². The Bertz CT molecular complexity index is 390. The van der Waals surface area contributed by atoms with Gasteiger partial charge in [-0.2, -0.15) is 0 Å². The van der Waals surface area contributed by atoms with Gasteiger partial charge in [-0.05, 0) is 25.3 Å². The average Bonchev–Trinajstić information content (AvgIpc) is 2.40. The Morgan fingerprint density at radius 1 is 1.16 bits per heavy atom. The Balaban J connectivity index is 2.07. The Morgan fingerprint density at radius 3 is 2.58 bits per heavy atom. The molecule has 0 bridgehead atoms. The SMILES string of the molecule is CCOC(=O)CCNC(=O)CCCc1ccccc1. The van der Waals surface area contributed by atoms with E-state index in [0.717, 1.165) is 12.8 Å². The first-order valence-corrected chi connectivity index (χ1v) is 6.68. The monoisotopic (exact) mass is 263 g/mol. The van der Waals surface area contributed by atoms with Crippen molar-refractivity contribution >= 4 is 11.9 Å². The van der Waals surface area contributed by atoms with Gasteiger partial charge in [0, 0.05) is 13.0 Å². The van der Waals surface area contributed by atoms with Crippen molar-refractivity contribution in [3.63, 3.8) is 0 Å². The summed E-state index contributed by atoms with van der Waals surface area (Å²) in [6, 6.07) is 10.1. The topological polar surface area (TPSA) is 55.4 Å². The Morgan fingerprint density at radius 2 is 1.89 bits per heavy atom. The summed E-state index contributed by atoms with van der Waals surface area (Å²) >= 11 is 0. The highest BCUT2D eigenvalue weighted by molar-refractivity contribution is 5.77. The molecule has 1 aromatic rings. The molecule has 19 heavy (non-hydrogen) atoms. The van der Waals surface area contributed by atoms with Crippen LogP contribution in [0, 0.1) is 0 Å². The van der Waals surface area contributed by atoms with Gasteiger partial charge in [0.15, 0.2) is 0 Å². The summed E-state index contributed by atoms with van der Waals surface area (Å²) < 4.78 is 4.77. The molecule has 1 rings (SSSR count). The number of hydrogen-bond donors (Lipinski definition) is 1. The first-order chi connectivity index (χ1) is 9.22. The molecule has 0 heterocycles. The highest BCUT2D eigenvalue weighted by atomic mass is 16.5. The summed E-state index contributed by atoms with van der Waals surface area (Å²) in [6.07, 6.45) is 2.43. The second-order valence-electron chi connectivity index (χ2n) is 4.24. The summed E-state index contributed by atoms with van der Waals surface area (Å²) in [4.78, 5) is 22.6. The van der Waals surface area contributed by atoms with Crippen LogP contribution in [-0.4, -0.2) is 25.0 Å². The Kier molecular flexibility index (Phi) is 7.32. The van der Waals surface area contributed by atoms with Crippen molar-refractivity contribution in [2.24, 2.45) is 0 Å². The number of hydrogen-bond acceptors (Lipinski definition) is 3. The molecule has 0 saturated carbocycles. The van der Waals surface area contributed by atoms with Crippen LogP contribution in [-0.2, 0) is 20.7 Å². The van der Waals surface area contributed by atoms with Crippen LogP contribution >= 0.6 is 0 Å². The number of carbonyl (C=O) groups excluding carboxylic acids is 2. The first kappa shape index (κ1) is 15.2. The quantitative estimate of drug-likeness (QED) is 0.731. The van der Waals surface area contributed by atoms with Crippen molar-refractivity contribution in [2.75, 3.05) is 13.2 Å². The van der Waals surface area contributed by atoms with Gasteiger partial charge in [-0.25, -0.2) is 0 Å². The van der Waals surface area contributed by atoms with E-state index in [1.54, 1.807) is 6.92 Å². The van der Waals surface area contributed by atoms with Crippen molar-refractivity contribution in [3.8, 4) is 0 Å². The molecule has 4 heteroatoms. The largest absolute Gasteiger partial charge is 0.466 e. The van der Waals surface area contributed by atoms with Crippen molar-refractivity contribution in [3.05, 3.63) is 35.9 Å². The molecule has 0 saturated heterocycles. The molecule has 0 spiro atoms. The third-order valence-corrected chi connectivity index (χ3v) is 2.67. The lowest BCUT2D eigenvalue weighted by Crippen LogP contribution is -2.26. The zero-order chi connectivity index (χ0) is 13.9. The van der Waals surface area contributed by atoms with Gasteiger partial charge in [-0.1, -0.05) is 30.3 Å². The zero-order valence-electron chi connectivity index (χ0n) is 11.4. The maximum atomic E-state index is 11.5. The van der Waals surface area contributed by atoms with Gasteiger partial charge in [-0.15, -0.1) is 0 Å². The molecule has 0 radical (unpaired) electrons. The van der Waals surface area contributed by atoms with Crippen molar-refractivity contribution < 1.29 is 14.3 Å². The second-order valence-corrected chi connectivity index (χ2v) is 4.24. The van der Waals surface area contributed by atoms with Crippen LogP contribution in [0.15, 0.2) is 30.3 Å². The van der Waals surface area contributed by atoms with Crippen LogP contribution in [0.4, 0.5) is 0 Å². The van der Waals surface area contributed by atoms with E-state index in [-0.39, 0.29) is 18.3 Å². The highest BCUT2D eigenvalue weighted by Gasteiger charge is 2.04. The van der Waals surface area contributed by atoms with Gasteiger partial charge in [0.2, 0.25) is 5.91 Å². The molecule has 0 aliphatic carbocycles. The fourth-order valence-corrected chi connectivity index (χ4v) is 1.72. The molecule has 104 valence electrons. The van der Waals surface area contributed by atoms with Gasteiger partial charge < -0.3 is 10.1 Å². The van der Waals surface area contributed by atoms with E-state index in [2.05, 4.69) is 17.4 Å². The fraction of sp³-hybridized carbons (Fsp3) is 0.467. The molecule has 0 aliphatic heterocycles. The molecule has 0 aliphatic rings. The van der Waals surface area contributed by atoms with E-state index >= 15 is 0 Å². The molecular weight excluding hydrogens is 242 g/mol. The number of rotatable bonds is 8. The predicted octanol–water partition coefficient (Wildman–Crippen LogP) is 2.08. The third kappa shape index (κ3) is 7.24. The van der Waals surface area contributed by atoms with Gasteiger partial charge >= 0.3 is 5.97 Å². The summed E-state index contributed by atoms with van der Waals surface area (Å²) in [5.41, 5.74) is 1.24. The van der Waals surface area contributed by atoms with E-state index in [1.807, 2.05) is 18.2 Å². The lowest BCUT2D eigenvalue weighted by molar-refractivity contribution is -0.143. The maximum Gasteiger partial charge on any atom is 0.307 e. The summed E-state index contributed by atoms with van der Waals surface area (Å²) in [7, 11) is 0. The normalized spacial score (nSPS) is 9.95. The number of esters is 1. The van der Waals surface area contributed by atoms with E-state index in [1.165, 1.54) is 5.56 Å². The minimum absolute atomic E-state index is 0.0137. The third-order valence-electron chi connectivity index (χ3n) is 2.67. The van der Waals surface area contributed by atoms with E-state index in [0.29, 0.717) is 19.6 Å². The number of amides is 1. The van der Waals surface area contributed by atoms with Crippen LogP contribution < -0.4 is 5.32 Å². The molecule has 4 nitrogen and oxygen atoms in total. The number of nitrogens with one attached hydrogen (secondary N) is 1. The van der Waals surface area contributed by atoms with Crippen LogP contribution in [0.1, 0.15) is 31.7 Å². The molecule has 0 atom stereocenters. The van der Waals surface area contributed by atoms with E-state index in [4.69, 9.17) is 4.74 Å². The smallest absolute Gasteiger partial charge is 0.307 e. The number of benzene rings is 1. The van der Waals surface area contributed by atoms with E-state index < -0.39 is 0 Å². The maximum absolute atomic E-state index is 11.5. The molecule has 0 aromatic heterocycles. The van der Waals surface area contributed by atoms with Crippen molar-refractivity contribution in [1.82, 2.24) is 5.32 Å². The lowest BCUT2D eigenvalue weighted by atomic mass is 10.1. The standard InChI is InChI=1S/C15H21NO3/c1-2-19-15(18)11-12-16-14(17)10-6-9-13-7-4-3-5-8-13/h3-5,7-8H,2,6,9-12H2,1H3,(H,16,17). The summed E-state index contributed by atoms with van der Waals surface area (Å²) in [5.74, 6) is -0.285. The van der Waals surface area contributed by atoms with Crippen LogP contribution in [0.25, 0.3) is 0 Å². The molecule has 1 amide bonds. The van der Waals surface area contributed by atoms with E-state index in [9.17, 15) is 9.59 Å². The number of carbonyl (C=O) groups is 2. The van der Waals surface area contributed by atoms with Crippen LogP contribution in [0.5, 0.6) is 0 Å². The minimum atomic E-state index is -0.271. The van der Waals surface area contributed by atoms with Crippen molar-refractivity contribution in [1.29, 1.82) is 0 Å². The molecule has 1 aromatic carbocycles. The predicted molar refractivity (Wildman–Crippen MR) is 73.6 cm³/mol. The van der Waals surface area contributed by atoms with Gasteiger partial charge in [0.25, 0.3) is 0 Å². The zero-order valence-corrected chi connectivity index (χ0v) is 11.4. The average molecular weight is 263 g/mol. The second kappa shape index (κ2) is 9.14. The molecule has 0 fully saturated rings. The molecule has 0 unspecified atom stereocenters. The highest BCUT2D eigenvalue weighted by Crippen LogP contribution is 2.04. The Hall–Kier alpha value is -1.84. The minimum Gasteiger partial charge on any atom is -0.466 e. The first-order valence-electron chi connectivity index (χ1n) is 6.68. The van der Waals surface area contributed by atoms with Gasteiger partial charge in [0.05, 0.1) is 13.0 Å². The number of aryl methyl sites for hydroxylation is 1. The van der Waals surface area contributed by atoms with Gasteiger partial charge in [0.1, 0.15) is 0 Å². The lowest BCUT2D eigenvalue weighted by Gasteiger charge is -2.05. The van der Waals surface area contributed by atoms with Gasteiger partial charge in [-0.3, -0.25) is 9.59 Å².